The van der Waals surface area contributed by atoms with E-state index in [4.69, 9.17) is 9.15 Å². The lowest BCUT2D eigenvalue weighted by molar-refractivity contribution is -0.125. The third kappa shape index (κ3) is 3.62. The fourth-order valence-electron chi connectivity index (χ4n) is 2.58. The standard InChI is InChI=1S/C15H21NO4/c1-10-5-3-4-6-13(10)16-14(17)9-20-15(18)12-7-8-19-11(12)2/h7-8,10,13H,3-6,9H2,1-2H3,(H,16,17)/t10-,13-/m1/s1. The van der Waals surface area contributed by atoms with Crippen LogP contribution in [0.2, 0.25) is 0 Å². The maximum absolute atomic E-state index is 11.8. The van der Waals surface area contributed by atoms with Gasteiger partial charge in [-0.1, -0.05) is 19.8 Å². The first kappa shape index (κ1) is 14.6. The molecule has 1 aliphatic carbocycles. The molecule has 1 amide bonds. The average Bonchev–Trinajstić information content (AvgIpc) is 2.85. The van der Waals surface area contributed by atoms with Crippen molar-refractivity contribution in [2.75, 3.05) is 6.61 Å². The Bertz CT molecular complexity index is 480. The van der Waals surface area contributed by atoms with Crippen molar-refractivity contribution in [3.8, 4) is 0 Å². The van der Waals surface area contributed by atoms with Crippen LogP contribution in [-0.4, -0.2) is 24.5 Å². The number of rotatable bonds is 4. The molecule has 2 rings (SSSR count). The zero-order chi connectivity index (χ0) is 14.5. The van der Waals surface area contributed by atoms with E-state index in [-0.39, 0.29) is 18.6 Å². The minimum absolute atomic E-state index is 0.200. The number of amides is 1. The number of nitrogens with one attached hydrogen (secondary N) is 1. The van der Waals surface area contributed by atoms with Gasteiger partial charge in [-0.2, -0.15) is 0 Å². The summed E-state index contributed by atoms with van der Waals surface area (Å²) < 4.78 is 10.0. The van der Waals surface area contributed by atoms with E-state index in [1.54, 1.807) is 13.0 Å². The second-order valence-electron chi connectivity index (χ2n) is 5.40. The molecule has 0 spiro atoms. The van der Waals surface area contributed by atoms with Gasteiger partial charge >= 0.3 is 5.97 Å². The first-order valence-corrected chi connectivity index (χ1v) is 7.08. The average molecular weight is 279 g/mol. The molecule has 20 heavy (non-hydrogen) atoms. The van der Waals surface area contributed by atoms with Gasteiger partial charge in [-0.25, -0.2) is 4.79 Å². The molecule has 1 heterocycles. The van der Waals surface area contributed by atoms with E-state index in [9.17, 15) is 9.59 Å². The molecule has 1 saturated carbocycles. The zero-order valence-corrected chi connectivity index (χ0v) is 12.0. The molecule has 1 fully saturated rings. The molecule has 0 aliphatic heterocycles. The Hall–Kier alpha value is -1.78. The number of aryl methyl sites for hydroxylation is 1. The van der Waals surface area contributed by atoms with Crippen LogP contribution in [-0.2, 0) is 9.53 Å². The van der Waals surface area contributed by atoms with Crippen molar-refractivity contribution in [2.24, 2.45) is 5.92 Å². The van der Waals surface area contributed by atoms with Crippen molar-refractivity contribution in [3.63, 3.8) is 0 Å². The summed E-state index contributed by atoms with van der Waals surface area (Å²) in [6.45, 7) is 3.58. The largest absolute Gasteiger partial charge is 0.469 e. The Kier molecular flexibility index (Phi) is 4.82. The van der Waals surface area contributed by atoms with Crippen LogP contribution in [0.1, 0.15) is 48.7 Å². The van der Waals surface area contributed by atoms with Crippen molar-refractivity contribution in [1.29, 1.82) is 0 Å². The van der Waals surface area contributed by atoms with Gasteiger partial charge in [0.1, 0.15) is 11.3 Å². The number of furan rings is 1. The lowest BCUT2D eigenvalue weighted by Crippen LogP contribution is -2.42. The van der Waals surface area contributed by atoms with Gasteiger partial charge in [0.2, 0.25) is 0 Å². The minimum Gasteiger partial charge on any atom is -0.469 e. The quantitative estimate of drug-likeness (QED) is 0.859. The maximum atomic E-state index is 11.8. The molecule has 0 radical (unpaired) electrons. The molecule has 1 aromatic heterocycles. The highest BCUT2D eigenvalue weighted by molar-refractivity contribution is 5.92. The molecular weight excluding hydrogens is 258 g/mol. The van der Waals surface area contributed by atoms with E-state index in [0.717, 1.165) is 19.3 Å². The number of hydrogen-bond acceptors (Lipinski definition) is 4. The van der Waals surface area contributed by atoms with Gasteiger partial charge in [0.25, 0.3) is 5.91 Å². The van der Waals surface area contributed by atoms with Crippen LogP contribution < -0.4 is 5.32 Å². The summed E-state index contributed by atoms with van der Waals surface area (Å²) in [7, 11) is 0. The Morgan fingerprint density at radius 2 is 2.15 bits per heavy atom. The van der Waals surface area contributed by atoms with E-state index in [1.165, 1.54) is 12.7 Å². The minimum atomic E-state index is -0.525. The van der Waals surface area contributed by atoms with Crippen molar-refractivity contribution in [1.82, 2.24) is 5.32 Å². The molecule has 1 aromatic rings. The fraction of sp³-hybridized carbons (Fsp3) is 0.600. The smallest absolute Gasteiger partial charge is 0.342 e. The highest BCUT2D eigenvalue weighted by Gasteiger charge is 2.23. The van der Waals surface area contributed by atoms with Crippen LogP contribution in [0.4, 0.5) is 0 Å². The highest BCUT2D eigenvalue weighted by Crippen LogP contribution is 2.23. The molecule has 0 unspecified atom stereocenters. The van der Waals surface area contributed by atoms with E-state index in [1.807, 2.05) is 0 Å². The van der Waals surface area contributed by atoms with Gasteiger partial charge in [-0.05, 0) is 31.7 Å². The summed E-state index contributed by atoms with van der Waals surface area (Å²) in [6.07, 6.45) is 5.93. The number of ether oxygens (including phenoxy) is 1. The Balaban J connectivity index is 1.77. The Morgan fingerprint density at radius 1 is 1.40 bits per heavy atom. The molecule has 1 N–H and O–H groups in total. The second kappa shape index (κ2) is 6.59. The zero-order valence-electron chi connectivity index (χ0n) is 12.0. The summed E-state index contributed by atoms with van der Waals surface area (Å²) in [5, 5.41) is 2.94. The molecule has 1 aliphatic rings. The van der Waals surface area contributed by atoms with E-state index < -0.39 is 5.97 Å². The first-order valence-electron chi connectivity index (χ1n) is 7.08. The van der Waals surface area contributed by atoms with E-state index in [2.05, 4.69) is 12.2 Å². The number of esters is 1. The van der Waals surface area contributed by atoms with Crippen molar-refractivity contribution < 1.29 is 18.7 Å². The van der Waals surface area contributed by atoms with E-state index in [0.29, 0.717) is 17.2 Å². The molecular formula is C15H21NO4. The molecule has 5 heteroatoms. The molecule has 0 aromatic carbocycles. The van der Waals surface area contributed by atoms with Gasteiger partial charge in [0.15, 0.2) is 6.61 Å². The van der Waals surface area contributed by atoms with Crippen LogP contribution in [0, 0.1) is 12.8 Å². The summed E-state index contributed by atoms with van der Waals surface area (Å²) in [6, 6.07) is 1.74. The Labute approximate surface area is 118 Å². The monoisotopic (exact) mass is 279 g/mol. The topological polar surface area (TPSA) is 68.5 Å². The summed E-state index contributed by atoms with van der Waals surface area (Å²) in [5.41, 5.74) is 0.365. The predicted octanol–water partition coefficient (Wildman–Crippen LogP) is 2.44. The number of hydrogen-bond donors (Lipinski definition) is 1. The molecule has 0 saturated heterocycles. The normalized spacial score (nSPS) is 22.3. The van der Waals surface area contributed by atoms with Crippen LogP contribution in [0.3, 0.4) is 0 Å². The van der Waals surface area contributed by atoms with Gasteiger partial charge < -0.3 is 14.5 Å². The highest BCUT2D eigenvalue weighted by atomic mass is 16.5. The third-order valence-electron chi connectivity index (χ3n) is 3.87. The third-order valence-corrected chi connectivity index (χ3v) is 3.87. The van der Waals surface area contributed by atoms with Crippen molar-refractivity contribution >= 4 is 11.9 Å². The molecule has 0 bridgehead atoms. The predicted molar refractivity (Wildman–Crippen MR) is 73.3 cm³/mol. The summed E-state index contributed by atoms with van der Waals surface area (Å²) in [5.74, 6) is 0.220. The van der Waals surface area contributed by atoms with Crippen LogP contribution in [0.5, 0.6) is 0 Å². The second-order valence-corrected chi connectivity index (χ2v) is 5.40. The van der Waals surface area contributed by atoms with Crippen LogP contribution in [0.25, 0.3) is 0 Å². The molecule has 110 valence electrons. The first-order chi connectivity index (χ1) is 9.58. The number of carbonyl (C=O) groups excluding carboxylic acids is 2. The summed E-state index contributed by atoms with van der Waals surface area (Å²) in [4.78, 5) is 23.5. The SMILES string of the molecule is Cc1occc1C(=O)OCC(=O)N[C@@H]1CCCC[C@H]1C. The van der Waals surface area contributed by atoms with Gasteiger partial charge in [0.05, 0.1) is 6.26 Å². The molecule has 5 nitrogen and oxygen atoms in total. The van der Waals surface area contributed by atoms with Gasteiger partial charge in [0, 0.05) is 6.04 Å². The van der Waals surface area contributed by atoms with Crippen molar-refractivity contribution in [2.45, 2.75) is 45.6 Å². The lowest BCUT2D eigenvalue weighted by Gasteiger charge is -2.29. The lowest BCUT2D eigenvalue weighted by atomic mass is 9.86. The van der Waals surface area contributed by atoms with Gasteiger partial charge in [-0.15, -0.1) is 0 Å². The summed E-state index contributed by atoms with van der Waals surface area (Å²) >= 11 is 0. The van der Waals surface area contributed by atoms with Gasteiger partial charge in [-0.3, -0.25) is 4.79 Å². The number of carbonyl (C=O) groups is 2. The van der Waals surface area contributed by atoms with Crippen molar-refractivity contribution in [3.05, 3.63) is 23.7 Å². The van der Waals surface area contributed by atoms with Crippen LogP contribution in [0.15, 0.2) is 16.7 Å². The molecule has 2 atom stereocenters. The maximum Gasteiger partial charge on any atom is 0.342 e. The van der Waals surface area contributed by atoms with E-state index >= 15 is 0 Å². The van der Waals surface area contributed by atoms with Crippen LogP contribution >= 0.6 is 0 Å². The fourth-order valence-corrected chi connectivity index (χ4v) is 2.58. The Morgan fingerprint density at radius 3 is 2.80 bits per heavy atom.